The number of rotatable bonds is 9. The van der Waals surface area contributed by atoms with Crippen LogP contribution in [-0.2, 0) is 25.6 Å². The van der Waals surface area contributed by atoms with Crippen LogP contribution in [0, 0.1) is 10.1 Å². The Labute approximate surface area is 209 Å². The van der Waals surface area contributed by atoms with Crippen LogP contribution in [0.25, 0.3) is 0 Å². The molecule has 10 nitrogen and oxygen atoms in total. The summed E-state index contributed by atoms with van der Waals surface area (Å²) in [7, 11) is 3.08. The Hall–Kier alpha value is -4.02. The molecule has 0 saturated heterocycles. The number of non-ortho nitro benzene ring substituents is 1. The molecule has 10 heteroatoms. The average molecular weight is 496 g/mol. The van der Waals surface area contributed by atoms with E-state index in [1.54, 1.807) is 6.07 Å². The van der Waals surface area contributed by atoms with E-state index in [1.807, 2.05) is 42.3 Å². The number of ether oxygens (including phenoxy) is 2. The van der Waals surface area contributed by atoms with Gasteiger partial charge in [-0.05, 0) is 32.0 Å². The molecule has 1 unspecified atom stereocenters. The highest BCUT2D eigenvalue weighted by molar-refractivity contribution is 5.99. The Kier molecular flexibility index (Phi) is 8.57. The van der Waals surface area contributed by atoms with E-state index < -0.39 is 22.8 Å². The molecule has 1 heterocycles. The number of hydrogen-bond donors (Lipinski definition) is 1. The summed E-state index contributed by atoms with van der Waals surface area (Å²) in [5.74, 6) is -2.55. The van der Waals surface area contributed by atoms with Gasteiger partial charge in [0.15, 0.2) is 0 Å². The van der Waals surface area contributed by atoms with Crippen molar-refractivity contribution in [3.05, 3.63) is 98.4 Å². The van der Waals surface area contributed by atoms with Gasteiger partial charge in [0.2, 0.25) is 0 Å². The van der Waals surface area contributed by atoms with Crippen molar-refractivity contribution in [2.24, 2.45) is 0 Å². The maximum absolute atomic E-state index is 13.3. The number of carbonyl (C=O) groups is 2. The van der Waals surface area contributed by atoms with Crippen LogP contribution >= 0.6 is 0 Å². The van der Waals surface area contributed by atoms with E-state index in [0.29, 0.717) is 18.7 Å². The predicted octanol–water partition coefficient (Wildman–Crippen LogP) is 3.78. The quantitative estimate of drug-likeness (QED) is 0.314. The lowest BCUT2D eigenvalue weighted by Crippen LogP contribution is -2.34. The minimum absolute atomic E-state index is 0.00490. The molecule has 36 heavy (non-hydrogen) atoms. The molecule has 190 valence electrons. The van der Waals surface area contributed by atoms with Gasteiger partial charge in [-0.25, -0.2) is 14.7 Å². The number of hydrogen-bond acceptors (Lipinski definition) is 9. The van der Waals surface area contributed by atoms with E-state index in [4.69, 9.17) is 9.47 Å². The summed E-state index contributed by atoms with van der Waals surface area (Å²) in [5.41, 5.74) is 1.52. The molecule has 1 atom stereocenters. The fraction of sp³-hybridized carbons (Fsp3) is 0.308. The Morgan fingerprint density at radius 1 is 1.06 bits per heavy atom. The minimum atomic E-state index is -1.03. The number of hydroxylamine groups is 2. The maximum atomic E-state index is 13.3. The van der Waals surface area contributed by atoms with Gasteiger partial charge in [-0.15, -0.1) is 0 Å². The van der Waals surface area contributed by atoms with Crippen LogP contribution in [-0.4, -0.2) is 59.3 Å². The van der Waals surface area contributed by atoms with E-state index in [2.05, 4.69) is 0 Å². The molecule has 1 aliphatic rings. The number of carbonyl (C=O) groups excluding carboxylic acids is 2. The Morgan fingerprint density at radius 3 is 2.31 bits per heavy atom. The third-order valence-electron chi connectivity index (χ3n) is 6.03. The summed E-state index contributed by atoms with van der Waals surface area (Å²) >= 11 is 0. The van der Waals surface area contributed by atoms with Gasteiger partial charge >= 0.3 is 11.9 Å². The van der Waals surface area contributed by atoms with Crippen LogP contribution in [0.15, 0.2) is 77.1 Å². The summed E-state index contributed by atoms with van der Waals surface area (Å²) in [6, 6.07) is 15.5. The molecule has 0 aromatic heterocycles. The van der Waals surface area contributed by atoms with Gasteiger partial charge in [-0.1, -0.05) is 42.5 Å². The van der Waals surface area contributed by atoms with Crippen molar-refractivity contribution >= 4 is 17.6 Å². The van der Waals surface area contributed by atoms with Crippen molar-refractivity contribution in [2.75, 3.05) is 27.3 Å². The van der Waals surface area contributed by atoms with Crippen LogP contribution in [0.5, 0.6) is 0 Å². The molecule has 2 aromatic carbocycles. The molecule has 0 bridgehead atoms. The molecule has 0 amide bonds. The van der Waals surface area contributed by atoms with Crippen molar-refractivity contribution in [3.8, 4) is 0 Å². The van der Waals surface area contributed by atoms with Gasteiger partial charge in [0.1, 0.15) is 6.61 Å². The van der Waals surface area contributed by atoms with E-state index in [0.717, 1.165) is 10.6 Å². The summed E-state index contributed by atoms with van der Waals surface area (Å²) in [6.07, 6.45) is 0. The SMILES string of the molecule is COC(=O)C1=C(C)N(O)C(C)=C(C(=O)OCCN(C)Cc2ccccc2)C1c1cccc([N+](=O)[O-])c1. The van der Waals surface area contributed by atoms with Crippen LogP contribution in [0.1, 0.15) is 30.9 Å². The van der Waals surface area contributed by atoms with E-state index in [-0.39, 0.29) is 34.8 Å². The first kappa shape index (κ1) is 26.6. The zero-order valence-electron chi connectivity index (χ0n) is 20.6. The van der Waals surface area contributed by atoms with Crippen LogP contribution in [0.2, 0.25) is 0 Å². The third kappa shape index (κ3) is 5.78. The zero-order chi connectivity index (χ0) is 26.4. The van der Waals surface area contributed by atoms with Gasteiger partial charge in [0, 0.05) is 25.2 Å². The van der Waals surface area contributed by atoms with Gasteiger partial charge in [-0.2, -0.15) is 0 Å². The molecule has 1 N–H and O–H groups in total. The number of nitro benzene ring substituents is 1. The van der Waals surface area contributed by atoms with Crippen LogP contribution in [0.3, 0.4) is 0 Å². The fourth-order valence-corrected chi connectivity index (χ4v) is 4.18. The van der Waals surface area contributed by atoms with Crippen molar-refractivity contribution in [1.82, 2.24) is 9.96 Å². The number of methoxy groups -OCH3 is 1. The summed E-state index contributed by atoms with van der Waals surface area (Å²) in [4.78, 5) is 38.9. The minimum Gasteiger partial charge on any atom is -0.466 e. The molecule has 0 spiro atoms. The van der Waals surface area contributed by atoms with Crippen molar-refractivity contribution < 1.29 is 29.2 Å². The predicted molar refractivity (Wildman–Crippen MR) is 131 cm³/mol. The first-order valence-corrected chi connectivity index (χ1v) is 11.3. The number of allylic oxidation sites excluding steroid dienone is 2. The standard InChI is InChI=1S/C26H29N3O7/c1-17-22(25(30)35-4)24(20-11-8-12-21(15-20)29(33)34)23(18(2)28(17)32)26(31)36-14-13-27(3)16-19-9-6-5-7-10-19/h5-12,15,24,32H,13-14,16H2,1-4H3. The molecule has 2 aromatic rings. The molecular weight excluding hydrogens is 466 g/mol. The maximum Gasteiger partial charge on any atom is 0.336 e. The average Bonchev–Trinajstić information content (AvgIpc) is 2.87. The molecular formula is C26H29N3O7. The van der Waals surface area contributed by atoms with Gasteiger partial charge < -0.3 is 9.47 Å². The van der Waals surface area contributed by atoms with E-state index in [9.17, 15) is 24.9 Å². The molecule has 3 rings (SSSR count). The number of nitrogens with zero attached hydrogens (tertiary/aromatic N) is 3. The highest BCUT2D eigenvalue weighted by atomic mass is 16.6. The van der Waals surface area contributed by atoms with Crippen LogP contribution < -0.4 is 0 Å². The molecule has 0 saturated carbocycles. The number of benzene rings is 2. The molecule has 0 aliphatic carbocycles. The Morgan fingerprint density at radius 2 is 1.69 bits per heavy atom. The highest BCUT2D eigenvalue weighted by Crippen LogP contribution is 2.42. The second-order valence-electron chi connectivity index (χ2n) is 8.45. The largest absolute Gasteiger partial charge is 0.466 e. The van der Waals surface area contributed by atoms with Gasteiger partial charge in [0.25, 0.3) is 5.69 Å². The highest BCUT2D eigenvalue weighted by Gasteiger charge is 2.40. The number of likely N-dealkylation sites (N-methyl/N-ethyl adjacent to an activating group) is 1. The summed E-state index contributed by atoms with van der Waals surface area (Å²) in [5, 5.41) is 22.8. The molecule has 0 fully saturated rings. The van der Waals surface area contributed by atoms with Gasteiger partial charge in [-0.3, -0.25) is 20.2 Å². The van der Waals surface area contributed by atoms with Crippen molar-refractivity contribution in [2.45, 2.75) is 26.3 Å². The first-order chi connectivity index (χ1) is 17.1. The normalized spacial score (nSPS) is 15.8. The monoisotopic (exact) mass is 495 g/mol. The smallest absolute Gasteiger partial charge is 0.336 e. The van der Waals surface area contributed by atoms with Crippen molar-refractivity contribution in [1.29, 1.82) is 0 Å². The summed E-state index contributed by atoms with van der Waals surface area (Å²) < 4.78 is 10.5. The Bertz CT molecular complexity index is 1210. The second-order valence-corrected chi connectivity index (χ2v) is 8.45. The zero-order valence-corrected chi connectivity index (χ0v) is 20.6. The van der Waals surface area contributed by atoms with Crippen molar-refractivity contribution in [3.63, 3.8) is 0 Å². The lowest BCUT2D eigenvalue weighted by atomic mass is 9.80. The second kappa shape index (κ2) is 11.6. The fourth-order valence-electron chi connectivity index (χ4n) is 4.18. The third-order valence-corrected chi connectivity index (χ3v) is 6.03. The summed E-state index contributed by atoms with van der Waals surface area (Å²) in [6.45, 7) is 4.17. The van der Waals surface area contributed by atoms with E-state index in [1.165, 1.54) is 39.2 Å². The lowest BCUT2D eigenvalue weighted by Gasteiger charge is -2.34. The van der Waals surface area contributed by atoms with E-state index >= 15 is 0 Å². The first-order valence-electron chi connectivity index (χ1n) is 11.3. The molecule has 1 aliphatic heterocycles. The molecule has 0 radical (unpaired) electrons. The topological polar surface area (TPSA) is 122 Å². The number of esters is 2. The van der Waals surface area contributed by atoms with Gasteiger partial charge in [0.05, 0.1) is 40.5 Å². The Balaban J connectivity index is 1.89. The van der Waals surface area contributed by atoms with Crippen LogP contribution in [0.4, 0.5) is 5.69 Å². The number of nitro groups is 1. The lowest BCUT2D eigenvalue weighted by molar-refractivity contribution is -0.384.